The molecule has 34 heavy (non-hydrogen) atoms. The first kappa shape index (κ1) is 26.0. The highest BCUT2D eigenvalue weighted by molar-refractivity contribution is 5.87. The van der Waals surface area contributed by atoms with Gasteiger partial charge in [-0.1, -0.05) is 19.4 Å². The Balaban J connectivity index is 2.24. The van der Waals surface area contributed by atoms with Crippen molar-refractivity contribution in [3.8, 4) is 0 Å². The van der Waals surface area contributed by atoms with Gasteiger partial charge in [0.25, 0.3) is 0 Å². The minimum atomic E-state index is -5.03. The average Bonchev–Trinajstić information content (AvgIpc) is 2.76. The number of carbonyl (C=O) groups excluding carboxylic acids is 1. The predicted molar refractivity (Wildman–Crippen MR) is 115 cm³/mol. The minimum Gasteiger partial charge on any atom is -0.308 e. The molecule has 1 saturated heterocycles. The number of aryl methyl sites for hydroxylation is 1. The van der Waals surface area contributed by atoms with E-state index in [1.807, 2.05) is 6.92 Å². The third-order valence-corrected chi connectivity index (χ3v) is 6.78. The van der Waals surface area contributed by atoms with E-state index >= 15 is 0 Å². The molecule has 1 fully saturated rings. The molecule has 2 amide bonds. The normalized spacial score (nSPS) is 23.6. The lowest BCUT2D eigenvalue weighted by Gasteiger charge is -2.45. The van der Waals surface area contributed by atoms with Gasteiger partial charge in [-0.2, -0.15) is 26.3 Å². The van der Waals surface area contributed by atoms with Crippen molar-refractivity contribution < 1.29 is 35.5 Å². The largest absolute Gasteiger partial charge is 0.421 e. The second-order valence-electron chi connectivity index (χ2n) is 8.76. The topological polar surface area (TPSA) is 29.1 Å². The summed E-state index contributed by atoms with van der Waals surface area (Å²) in [6, 6.07) is 4.80. The molecule has 186 valence electrons. The number of urea groups is 1. The van der Waals surface area contributed by atoms with Gasteiger partial charge in [-0.15, -0.1) is 0 Å². The first-order valence-corrected chi connectivity index (χ1v) is 10.9. The number of nitrogens with one attached hydrogen (secondary N) is 1. The van der Waals surface area contributed by atoms with E-state index < -0.39 is 39.8 Å². The molecule has 1 aliphatic rings. The van der Waals surface area contributed by atoms with Crippen LogP contribution in [0.5, 0.6) is 0 Å². The molecule has 1 aliphatic heterocycles. The molecular weight excluding hydrogens is 465 g/mol. The summed E-state index contributed by atoms with van der Waals surface area (Å²) in [6.45, 7) is 3.61. The van der Waals surface area contributed by atoms with Crippen LogP contribution in [-0.4, -0.2) is 26.2 Å². The molecule has 0 aromatic heterocycles. The van der Waals surface area contributed by atoms with E-state index in [0.29, 0.717) is 30.5 Å². The number of carbonyl (C=O) groups is 1. The van der Waals surface area contributed by atoms with Crippen LogP contribution in [0, 0.1) is 18.7 Å². The summed E-state index contributed by atoms with van der Waals surface area (Å²) < 4.78 is 94.3. The fraction of sp³-hybridized carbons (Fsp3) is 0.458. The van der Waals surface area contributed by atoms with E-state index in [9.17, 15) is 35.5 Å². The van der Waals surface area contributed by atoms with Crippen LogP contribution < -0.4 is 9.80 Å². The van der Waals surface area contributed by atoms with Crippen molar-refractivity contribution in [3.05, 3.63) is 64.5 Å². The zero-order valence-corrected chi connectivity index (χ0v) is 18.9. The van der Waals surface area contributed by atoms with E-state index in [4.69, 9.17) is 0 Å². The predicted octanol–water partition coefficient (Wildman–Crippen LogP) is 7.03. The number of piperidine rings is 1. The number of hydrogen-bond acceptors (Lipinski definition) is 1. The fourth-order valence-corrected chi connectivity index (χ4v) is 5.00. The summed E-state index contributed by atoms with van der Waals surface area (Å²) in [7, 11) is 1.30. The first-order valence-electron chi connectivity index (χ1n) is 10.9. The number of alkyl halides is 6. The van der Waals surface area contributed by atoms with Crippen molar-refractivity contribution >= 4 is 11.7 Å². The highest BCUT2D eigenvalue weighted by Gasteiger charge is 2.49. The zero-order valence-electron chi connectivity index (χ0n) is 18.9. The second kappa shape index (κ2) is 9.20. The Labute approximate surface area is 193 Å². The number of hydrogen-bond donors (Lipinski definition) is 1. The van der Waals surface area contributed by atoms with Crippen molar-refractivity contribution in [1.82, 2.24) is 9.80 Å². The Bertz CT molecular complexity index is 1030. The number of quaternary nitrogens is 1. The summed E-state index contributed by atoms with van der Waals surface area (Å²) >= 11 is 0. The summed E-state index contributed by atoms with van der Waals surface area (Å²) in [4.78, 5) is 13.2. The maximum Gasteiger partial charge on any atom is 0.421 e. The Hall–Kier alpha value is -2.62. The smallest absolute Gasteiger partial charge is 0.308 e. The van der Waals surface area contributed by atoms with Gasteiger partial charge in [0.1, 0.15) is 11.5 Å². The van der Waals surface area contributed by atoms with E-state index in [0.717, 1.165) is 5.56 Å². The van der Waals surface area contributed by atoms with E-state index in [2.05, 4.69) is 5.32 Å². The van der Waals surface area contributed by atoms with Crippen molar-refractivity contribution in [2.45, 2.75) is 45.0 Å². The monoisotopic (exact) mass is 491 g/mol. The maximum absolute atomic E-state index is 13.7. The number of nitrogens with zero attached hydrogens (tertiary/aromatic N) is 1. The minimum absolute atomic E-state index is 0.0213. The first-order chi connectivity index (χ1) is 15.7. The lowest BCUT2D eigenvalue weighted by Crippen LogP contribution is -2.63. The van der Waals surface area contributed by atoms with E-state index in [1.165, 1.54) is 19.2 Å². The third kappa shape index (κ3) is 4.92. The molecule has 0 radical (unpaired) electrons. The zero-order chi connectivity index (χ0) is 25.5. The average molecular weight is 491 g/mol. The van der Waals surface area contributed by atoms with E-state index in [1.54, 1.807) is 13.0 Å². The van der Waals surface area contributed by atoms with Gasteiger partial charge in [-0.25, -0.2) is 13.7 Å². The highest BCUT2D eigenvalue weighted by Crippen LogP contribution is 2.45. The SMILES string of the molecule is CC[C@H]1CC[N@@+](C(=O)NC)(c2cc(C(F)(F)F)cc(C(F)(F)F)c2)C[C@@H]1c1ccc(F)cc1C. The number of halogens is 7. The van der Waals surface area contributed by atoms with Crippen LogP contribution in [0.2, 0.25) is 0 Å². The van der Waals surface area contributed by atoms with Crippen LogP contribution in [0.15, 0.2) is 36.4 Å². The highest BCUT2D eigenvalue weighted by atomic mass is 19.4. The van der Waals surface area contributed by atoms with Crippen molar-refractivity contribution in [2.75, 3.05) is 20.1 Å². The molecule has 0 aliphatic carbocycles. The molecule has 10 heteroatoms. The van der Waals surface area contributed by atoms with Gasteiger partial charge in [0, 0.05) is 31.5 Å². The maximum atomic E-state index is 13.7. The molecule has 3 atom stereocenters. The van der Waals surface area contributed by atoms with Crippen molar-refractivity contribution in [2.24, 2.45) is 5.92 Å². The van der Waals surface area contributed by atoms with Gasteiger partial charge in [-0.3, -0.25) is 0 Å². The Morgan fingerprint density at radius 1 is 1.03 bits per heavy atom. The summed E-state index contributed by atoms with van der Waals surface area (Å²) in [5.74, 6) is -0.807. The second-order valence-corrected chi connectivity index (χ2v) is 8.76. The molecule has 0 unspecified atom stereocenters. The number of rotatable bonds is 3. The van der Waals surface area contributed by atoms with Gasteiger partial charge in [0.05, 0.1) is 24.2 Å². The van der Waals surface area contributed by atoms with Crippen LogP contribution in [0.3, 0.4) is 0 Å². The van der Waals surface area contributed by atoms with Gasteiger partial charge in [0.2, 0.25) is 0 Å². The summed E-state index contributed by atoms with van der Waals surface area (Å²) in [5, 5.41) is 2.43. The fourth-order valence-electron chi connectivity index (χ4n) is 5.00. The Kier molecular flexibility index (Phi) is 7.04. The molecule has 3 nitrogen and oxygen atoms in total. The van der Waals surface area contributed by atoms with Crippen LogP contribution in [0.1, 0.15) is 47.9 Å². The lowest BCUT2D eigenvalue weighted by atomic mass is 9.76. The van der Waals surface area contributed by atoms with Crippen molar-refractivity contribution in [3.63, 3.8) is 0 Å². The van der Waals surface area contributed by atoms with Gasteiger partial charge >= 0.3 is 18.4 Å². The Morgan fingerprint density at radius 3 is 2.09 bits per heavy atom. The lowest BCUT2D eigenvalue weighted by molar-refractivity contribution is -0.143. The summed E-state index contributed by atoms with van der Waals surface area (Å²) in [5.41, 5.74) is -1.97. The molecular formula is C24H26F7N2O+. The molecule has 2 aromatic carbocycles. The van der Waals surface area contributed by atoms with Crippen LogP contribution in [0.25, 0.3) is 0 Å². The molecule has 0 saturated carbocycles. The summed E-state index contributed by atoms with van der Waals surface area (Å²) in [6.07, 6.45) is -8.98. The standard InChI is InChI=1S/C24H25F7N2O/c1-4-15-7-8-33(22(34)32-3,13-21(15)20-6-5-18(25)9-14(20)2)19-11-16(23(26,27)28)10-17(12-19)24(29,30)31/h5-6,9-12,15,21H,4,7-8,13H2,1-3H3/p+1/t15-,21-,33-/m0/s1. The van der Waals surface area contributed by atoms with Crippen molar-refractivity contribution in [1.29, 1.82) is 0 Å². The molecule has 1 N–H and O–H groups in total. The number of likely N-dealkylation sites (tertiary alicyclic amines) is 1. The molecule has 0 bridgehead atoms. The molecule has 0 spiro atoms. The van der Waals surface area contributed by atoms with Gasteiger partial charge < -0.3 is 5.32 Å². The van der Waals surface area contributed by atoms with Crippen LogP contribution in [-0.2, 0) is 12.4 Å². The van der Waals surface area contributed by atoms with Crippen LogP contribution >= 0.6 is 0 Å². The molecule has 1 heterocycles. The van der Waals surface area contributed by atoms with E-state index in [-0.39, 0.29) is 36.7 Å². The van der Waals surface area contributed by atoms with Gasteiger partial charge in [0.15, 0.2) is 0 Å². The molecule has 2 aromatic rings. The van der Waals surface area contributed by atoms with Crippen LogP contribution in [0.4, 0.5) is 41.2 Å². The number of amides is 2. The van der Waals surface area contributed by atoms with Gasteiger partial charge in [-0.05, 0) is 42.2 Å². The quantitative estimate of drug-likeness (QED) is 0.362. The third-order valence-electron chi connectivity index (χ3n) is 6.78. The molecule has 3 rings (SSSR count). The Morgan fingerprint density at radius 2 is 1.62 bits per heavy atom. The number of benzene rings is 2.